The van der Waals surface area contributed by atoms with Crippen LogP contribution in [0.4, 0.5) is 8.78 Å². The summed E-state index contributed by atoms with van der Waals surface area (Å²) in [7, 11) is 0. The zero-order chi connectivity index (χ0) is 14.5. The molecule has 0 aliphatic rings. The Bertz CT molecular complexity index is 567. The zero-order valence-corrected chi connectivity index (χ0v) is 11.7. The molecule has 0 saturated carbocycles. The third-order valence-electron chi connectivity index (χ3n) is 3.24. The number of benzene rings is 1. The van der Waals surface area contributed by atoms with E-state index < -0.39 is 11.6 Å². The smallest absolute Gasteiger partial charge is 0.162 e. The summed E-state index contributed by atoms with van der Waals surface area (Å²) in [5.41, 5.74) is 2.28. The van der Waals surface area contributed by atoms with Crippen LogP contribution in [0.3, 0.4) is 0 Å². The van der Waals surface area contributed by atoms with Crippen molar-refractivity contribution < 1.29 is 8.78 Å². The predicted octanol–water partition coefficient (Wildman–Crippen LogP) is 3.56. The maximum atomic E-state index is 13.8. The van der Waals surface area contributed by atoms with E-state index in [0.29, 0.717) is 12.0 Å². The van der Waals surface area contributed by atoms with Crippen molar-refractivity contribution in [3.63, 3.8) is 0 Å². The van der Waals surface area contributed by atoms with Crippen molar-refractivity contribution >= 4 is 0 Å². The van der Waals surface area contributed by atoms with Crippen molar-refractivity contribution in [1.82, 2.24) is 10.3 Å². The molecule has 2 rings (SSSR count). The average Bonchev–Trinajstić information content (AvgIpc) is 2.44. The van der Waals surface area contributed by atoms with Gasteiger partial charge in [-0.2, -0.15) is 0 Å². The van der Waals surface area contributed by atoms with Crippen LogP contribution in [0.15, 0.2) is 36.5 Å². The number of hydrogen-bond donors (Lipinski definition) is 1. The van der Waals surface area contributed by atoms with Gasteiger partial charge in [0.1, 0.15) is 0 Å². The Morgan fingerprint density at radius 2 is 2.00 bits per heavy atom. The van der Waals surface area contributed by atoms with Crippen LogP contribution < -0.4 is 5.32 Å². The lowest BCUT2D eigenvalue weighted by Crippen LogP contribution is -2.23. The molecule has 0 spiro atoms. The van der Waals surface area contributed by atoms with E-state index in [2.05, 4.69) is 10.3 Å². The molecule has 1 atom stereocenters. The molecule has 20 heavy (non-hydrogen) atoms. The standard InChI is InChI=1S/C16H18F2N2/c1-3-19-15(13-8-7-11(2)20-10-13)9-12-5-4-6-14(17)16(12)18/h4-8,10,15,19H,3,9H2,1-2H3. The molecular formula is C16H18F2N2. The van der Waals surface area contributed by atoms with Crippen molar-refractivity contribution in [3.8, 4) is 0 Å². The second kappa shape index (κ2) is 6.57. The first-order valence-corrected chi connectivity index (χ1v) is 6.70. The fourth-order valence-electron chi connectivity index (χ4n) is 2.17. The monoisotopic (exact) mass is 276 g/mol. The van der Waals surface area contributed by atoms with Gasteiger partial charge in [0.2, 0.25) is 0 Å². The van der Waals surface area contributed by atoms with Gasteiger partial charge in [-0.15, -0.1) is 0 Å². The van der Waals surface area contributed by atoms with Gasteiger partial charge >= 0.3 is 0 Å². The average molecular weight is 276 g/mol. The number of hydrogen-bond acceptors (Lipinski definition) is 2. The first kappa shape index (κ1) is 14.6. The predicted molar refractivity (Wildman–Crippen MR) is 75.5 cm³/mol. The van der Waals surface area contributed by atoms with Crippen molar-refractivity contribution in [1.29, 1.82) is 0 Å². The van der Waals surface area contributed by atoms with Crippen LogP contribution in [0.25, 0.3) is 0 Å². The number of nitrogens with zero attached hydrogens (tertiary/aromatic N) is 1. The Labute approximate surface area is 117 Å². The molecule has 1 aromatic heterocycles. The molecule has 1 aromatic carbocycles. The van der Waals surface area contributed by atoms with Crippen molar-refractivity contribution in [2.75, 3.05) is 6.54 Å². The SMILES string of the molecule is CCNC(Cc1cccc(F)c1F)c1ccc(C)nc1. The second-order valence-electron chi connectivity index (χ2n) is 4.76. The number of aryl methyl sites for hydroxylation is 1. The molecule has 0 aliphatic carbocycles. The van der Waals surface area contributed by atoms with Crippen LogP contribution in [-0.4, -0.2) is 11.5 Å². The number of halogens is 2. The molecule has 0 radical (unpaired) electrons. The van der Waals surface area contributed by atoms with Crippen LogP contribution >= 0.6 is 0 Å². The number of nitrogens with one attached hydrogen (secondary N) is 1. The van der Waals surface area contributed by atoms with E-state index in [0.717, 1.165) is 23.9 Å². The second-order valence-corrected chi connectivity index (χ2v) is 4.76. The molecule has 0 bridgehead atoms. The van der Waals surface area contributed by atoms with Crippen molar-refractivity contribution in [3.05, 3.63) is 65.0 Å². The minimum atomic E-state index is -0.806. The minimum absolute atomic E-state index is 0.0793. The Hall–Kier alpha value is -1.81. The lowest BCUT2D eigenvalue weighted by molar-refractivity contribution is 0.481. The van der Waals surface area contributed by atoms with Gasteiger partial charge in [0.25, 0.3) is 0 Å². The highest BCUT2D eigenvalue weighted by Crippen LogP contribution is 2.21. The summed E-state index contributed by atoms with van der Waals surface area (Å²) >= 11 is 0. The summed E-state index contributed by atoms with van der Waals surface area (Å²) < 4.78 is 27.0. The molecule has 1 heterocycles. The van der Waals surface area contributed by atoms with Gasteiger partial charge in [-0.25, -0.2) is 8.78 Å². The third kappa shape index (κ3) is 3.39. The number of aromatic nitrogens is 1. The van der Waals surface area contributed by atoms with Crippen LogP contribution in [0.2, 0.25) is 0 Å². The number of likely N-dealkylation sites (N-methyl/N-ethyl adjacent to an activating group) is 1. The van der Waals surface area contributed by atoms with Gasteiger partial charge in [-0.05, 0) is 43.1 Å². The quantitative estimate of drug-likeness (QED) is 0.903. The van der Waals surface area contributed by atoms with Gasteiger partial charge in [0, 0.05) is 17.9 Å². The maximum Gasteiger partial charge on any atom is 0.162 e. The van der Waals surface area contributed by atoms with Crippen LogP contribution in [-0.2, 0) is 6.42 Å². The fraction of sp³-hybridized carbons (Fsp3) is 0.312. The highest BCUT2D eigenvalue weighted by Gasteiger charge is 2.15. The van der Waals surface area contributed by atoms with Crippen LogP contribution in [0, 0.1) is 18.6 Å². The Morgan fingerprint density at radius 1 is 1.20 bits per heavy atom. The van der Waals surface area contributed by atoms with Crippen LogP contribution in [0.5, 0.6) is 0 Å². The maximum absolute atomic E-state index is 13.8. The van der Waals surface area contributed by atoms with E-state index >= 15 is 0 Å². The number of rotatable bonds is 5. The fourth-order valence-corrected chi connectivity index (χ4v) is 2.17. The Morgan fingerprint density at radius 3 is 2.65 bits per heavy atom. The van der Waals surface area contributed by atoms with Gasteiger partial charge in [-0.3, -0.25) is 4.98 Å². The molecule has 4 heteroatoms. The molecular weight excluding hydrogens is 258 g/mol. The molecule has 106 valence electrons. The molecule has 2 aromatic rings. The molecule has 1 N–H and O–H groups in total. The molecule has 0 amide bonds. The van der Waals surface area contributed by atoms with E-state index in [-0.39, 0.29) is 6.04 Å². The summed E-state index contributed by atoms with van der Waals surface area (Å²) in [6.07, 6.45) is 2.17. The van der Waals surface area contributed by atoms with E-state index in [1.807, 2.05) is 26.0 Å². The van der Waals surface area contributed by atoms with Gasteiger partial charge in [-0.1, -0.05) is 25.1 Å². The summed E-state index contributed by atoms with van der Waals surface area (Å²) in [5, 5.41) is 3.28. The largest absolute Gasteiger partial charge is 0.310 e. The Kier molecular flexibility index (Phi) is 4.79. The summed E-state index contributed by atoms with van der Waals surface area (Å²) in [6, 6.07) is 8.08. The van der Waals surface area contributed by atoms with Crippen LogP contribution in [0.1, 0.15) is 29.8 Å². The van der Waals surface area contributed by atoms with E-state index in [1.54, 1.807) is 12.3 Å². The Balaban J connectivity index is 2.25. The normalized spacial score (nSPS) is 12.4. The highest BCUT2D eigenvalue weighted by atomic mass is 19.2. The van der Waals surface area contributed by atoms with Crippen molar-refractivity contribution in [2.45, 2.75) is 26.3 Å². The molecule has 2 nitrogen and oxygen atoms in total. The summed E-state index contributed by atoms with van der Waals surface area (Å²) in [5.74, 6) is -1.57. The first-order valence-electron chi connectivity index (χ1n) is 6.70. The summed E-state index contributed by atoms with van der Waals surface area (Å²) in [6.45, 7) is 4.64. The number of pyridine rings is 1. The van der Waals surface area contributed by atoms with Crippen molar-refractivity contribution in [2.24, 2.45) is 0 Å². The first-order chi connectivity index (χ1) is 9.61. The lowest BCUT2D eigenvalue weighted by atomic mass is 9.99. The molecule has 1 unspecified atom stereocenters. The third-order valence-corrected chi connectivity index (χ3v) is 3.24. The zero-order valence-electron chi connectivity index (χ0n) is 11.7. The topological polar surface area (TPSA) is 24.9 Å². The van der Waals surface area contributed by atoms with E-state index in [9.17, 15) is 8.78 Å². The molecule has 0 saturated heterocycles. The highest BCUT2D eigenvalue weighted by molar-refractivity contribution is 5.24. The van der Waals surface area contributed by atoms with Gasteiger partial charge in [0.15, 0.2) is 11.6 Å². The van der Waals surface area contributed by atoms with Gasteiger partial charge in [0.05, 0.1) is 0 Å². The van der Waals surface area contributed by atoms with E-state index in [1.165, 1.54) is 6.07 Å². The van der Waals surface area contributed by atoms with Gasteiger partial charge < -0.3 is 5.32 Å². The molecule has 0 fully saturated rings. The summed E-state index contributed by atoms with van der Waals surface area (Å²) in [4.78, 5) is 4.26. The van der Waals surface area contributed by atoms with E-state index in [4.69, 9.17) is 0 Å². The molecule has 0 aliphatic heterocycles. The minimum Gasteiger partial charge on any atom is -0.310 e. The lowest BCUT2D eigenvalue weighted by Gasteiger charge is -2.18.